The van der Waals surface area contributed by atoms with E-state index in [4.69, 9.17) is 5.73 Å². The van der Waals surface area contributed by atoms with Crippen LogP contribution in [0.3, 0.4) is 0 Å². The maximum atomic E-state index is 11.9. The van der Waals surface area contributed by atoms with Gasteiger partial charge in [0.25, 0.3) is 11.3 Å². The average Bonchev–Trinajstić information content (AvgIpc) is 2.77. The zero-order chi connectivity index (χ0) is 14.4. The van der Waals surface area contributed by atoms with Crippen molar-refractivity contribution in [3.05, 3.63) is 45.4 Å². The molecule has 0 bridgehead atoms. The van der Waals surface area contributed by atoms with Gasteiger partial charge in [-0.25, -0.2) is 4.98 Å². The van der Waals surface area contributed by atoms with Crippen molar-refractivity contribution in [2.45, 2.75) is 20.8 Å². The third-order valence-electron chi connectivity index (χ3n) is 3.40. The molecule has 6 nitrogen and oxygen atoms in total. The van der Waals surface area contributed by atoms with Crippen molar-refractivity contribution in [2.24, 2.45) is 0 Å². The van der Waals surface area contributed by atoms with E-state index in [0.29, 0.717) is 23.0 Å². The summed E-state index contributed by atoms with van der Waals surface area (Å²) in [5.74, 6) is 0.956. The Hall–Kier alpha value is -2.63. The van der Waals surface area contributed by atoms with Gasteiger partial charge in [-0.3, -0.25) is 9.89 Å². The highest BCUT2D eigenvalue weighted by Crippen LogP contribution is 2.25. The van der Waals surface area contributed by atoms with E-state index in [-0.39, 0.29) is 5.56 Å². The van der Waals surface area contributed by atoms with Gasteiger partial charge in [-0.05, 0) is 44.0 Å². The van der Waals surface area contributed by atoms with Crippen LogP contribution in [0.1, 0.15) is 16.8 Å². The lowest BCUT2D eigenvalue weighted by molar-refractivity contribution is 0.891. The fourth-order valence-corrected chi connectivity index (χ4v) is 2.25. The number of aromatic amines is 1. The summed E-state index contributed by atoms with van der Waals surface area (Å²) in [4.78, 5) is 20.5. The molecular formula is C14H15N5O. The van der Waals surface area contributed by atoms with E-state index in [1.54, 1.807) is 6.92 Å². The second kappa shape index (κ2) is 4.19. The number of rotatable bonds is 1. The average molecular weight is 269 g/mol. The number of fused-ring (bicyclic) bond motifs is 1. The first-order valence-corrected chi connectivity index (χ1v) is 6.29. The van der Waals surface area contributed by atoms with Crippen LogP contribution < -0.4 is 11.3 Å². The molecule has 0 spiro atoms. The van der Waals surface area contributed by atoms with Crippen LogP contribution in [0.4, 0.5) is 5.69 Å². The Labute approximate surface area is 115 Å². The van der Waals surface area contributed by atoms with E-state index in [9.17, 15) is 4.79 Å². The Morgan fingerprint density at radius 3 is 2.65 bits per heavy atom. The van der Waals surface area contributed by atoms with E-state index in [0.717, 1.165) is 16.7 Å². The van der Waals surface area contributed by atoms with Gasteiger partial charge < -0.3 is 5.73 Å². The molecular weight excluding hydrogens is 254 g/mol. The topological polar surface area (TPSA) is 89.1 Å². The normalized spacial score (nSPS) is 11.2. The molecule has 0 aliphatic carbocycles. The lowest BCUT2D eigenvalue weighted by Gasteiger charge is -2.07. The van der Waals surface area contributed by atoms with Gasteiger partial charge in [-0.1, -0.05) is 0 Å². The number of benzene rings is 1. The van der Waals surface area contributed by atoms with Crippen LogP contribution in [0.25, 0.3) is 17.2 Å². The fourth-order valence-electron chi connectivity index (χ4n) is 2.25. The number of anilines is 1. The van der Waals surface area contributed by atoms with Crippen molar-refractivity contribution in [2.75, 3.05) is 5.73 Å². The Balaban J connectivity index is 2.31. The predicted octanol–water partition coefficient (Wildman–Crippen LogP) is 1.59. The molecule has 6 heteroatoms. The third kappa shape index (κ3) is 1.85. The van der Waals surface area contributed by atoms with Crippen LogP contribution in [0.2, 0.25) is 0 Å². The van der Waals surface area contributed by atoms with Crippen LogP contribution >= 0.6 is 0 Å². The number of nitrogens with zero attached hydrogens (tertiary/aromatic N) is 3. The van der Waals surface area contributed by atoms with Crippen LogP contribution in [-0.2, 0) is 0 Å². The second-order valence-corrected chi connectivity index (χ2v) is 4.95. The van der Waals surface area contributed by atoms with Gasteiger partial charge >= 0.3 is 0 Å². The predicted molar refractivity (Wildman–Crippen MR) is 77.7 cm³/mol. The van der Waals surface area contributed by atoms with E-state index in [1.807, 2.05) is 26.0 Å². The van der Waals surface area contributed by atoms with Gasteiger partial charge in [-0.2, -0.15) is 9.50 Å². The number of aryl methyl sites for hydroxylation is 2. The molecule has 0 radical (unpaired) electrons. The summed E-state index contributed by atoms with van der Waals surface area (Å²) < 4.78 is 1.33. The summed E-state index contributed by atoms with van der Waals surface area (Å²) in [5, 5.41) is 2.98. The molecule has 0 atom stereocenters. The molecule has 2 heterocycles. The molecule has 3 rings (SSSR count). The molecule has 0 fully saturated rings. The number of H-pyrrole nitrogens is 1. The Kier molecular flexibility index (Phi) is 2.60. The minimum atomic E-state index is -0.176. The summed E-state index contributed by atoms with van der Waals surface area (Å²) in [6, 6.07) is 5.22. The van der Waals surface area contributed by atoms with Crippen molar-refractivity contribution >= 4 is 11.5 Å². The van der Waals surface area contributed by atoms with Crippen LogP contribution in [0.5, 0.6) is 0 Å². The lowest BCUT2D eigenvalue weighted by atomic mass is 10.0. The number of nitrogens with two attached hydrogens (primary N) is 1. The molecule has 20 heavy (non-hydrogen) atoms. The van der Waals surface area contributed by atoms with Gasteiger partial charge in [0.15, 0.2) is 5.82 Å². The van der Waals surface area contributed by atoms with E-state index < -0.39 is 0 Å². The molecule has 0 aliphatic rings. The van der Waals surface area contributed by atoms with Crippen molar-refractivity contribution in [1.29, 1.82) is 0 Å². The van der Waals surface area contributed by atoms with Crippen molar-refractivity contribution in [3.63, 3.8) is 0 Å². The summed E-state index contributed by atoms with van der Waals surface area (Å²) >= 11 is 0. The lowest BCUT2D eigenvalue weighted by Crippen LogP contribution is -2.14. The Bertz CT molecular complexity index is 875. The standard InChI is InChI=1S/C14H15N5O/c1-7-4-10(15)6-11(9(7)3)13-17-14-16-8(2)5-12(20)19(14)18-13/h4-6H,15H2,1-3H3,(H,16,17,18). The summed E-state index contributed by atoms with van der Waals surface area (Å²) in [6.45, 7) is 5.76. The molecule has 102 valence electrons. The number of nitrogens with one attached hydrogen (secondary N) is 1. The first kappa shape index (κ1) is 12.4. The highest BCUT2D eigenvalue weighted by Gasteiger charge is 2.12. The molecule has 1 aromatic carbocycles. The molecule has 3 aromatic rings. The van der Waals surface area contributed by atoms with Crippen molar-refractivity contribution in [1.82, 2.24) is 19.6 Å². The van der Waals surface area contributed by atoms with Gasteiger partial charge in [-0.15, -0.1) is 0 Å². The molecule has 0 amide bonds. The van der Waals surface area contributed by atoms with E-state index in [1.165, 1.54) is 10.6 Å². The van der Waals surface area contributed by atoms with Crippen molar-refractivity contribution in [3.8, 4) is 11.4 Å². The van der Waals surface area contributed by atoms with E-state index >= 15 is 0 Å². The third-order valence-corrected chi connectivity index (χ3v) is 3.40. The molecule has 2 aromatic heterocycles. The number of aromatic nitrogens is 4. The van der Waals surface area contributed by atoms with Crippen LogP contribution in [-0.4, -0.2) is 19.6 Å². The molecule has 0 unspecified atom stereocenters. The molecule has 0 saturated heterocycles. The number of nitrogen functional groups attached to an aromatic ring is 1. The molecule has 0 saturated carbocycles. The van der Waals surface area contributed by atoms with Crippen LogP contribution in [0, 0.1) is 20.8 Å². The summed E-state index contributed by atoms with van der Waals surface area (Å²) in [6.07, 6.45) is 0. The quantitative estimate of drug-likeness (QED) is 0.656. The Morgan fingerprint density at radius 1 is 1.15 bits per heavy atom. The monoisotopic (exact) mass is 269 g/mol. The van der Waals surface area contributed by atoms with Gasteiger partial charge in [0.1, 0.15) is 0 Å². The SMILES string of the molecule is Cc1cc(=O)n2[nH]c(-c3cc(N)cc(C)c3C)nc2n1. The van der Waals surface area contributed by atoms with Crippen molar-refractivity contribution < 1.29 is 0 Å². The number of hydrogen-bond acceptors (Lipinski definition) is 4. The molecule has 3 N–H and O–H groups in total. The van der Waals surface area contributed by atoms with E-state index in [2.05, 4.69) is 15.1 Å². The minimum Gasteiger partial charge on any atom is -0.399 e. The maximum absolute atomic E-state index is 11.9. The first-order valence-electron chi connectivity index (χ1n) is 6.29. The van der Waals surface area contributed by atoms with Gasteiger partial charge in [0.2, 0.25) is 0 Å². The summed E-state index contributed by atoms with van der Waals surface area (Å²) in [7, 11) is 0. The minimum absolute atomic E-state index is 0.176. The van der Waals surface area contributed by atoms with Gasteiger partial charge in [0.05, 0.1) is 0 Å². The largest absolute Gasteiger partial charge is 0.399 e. The highest BCUT2D eigenvalue weighted by molar-refractivity contribution is 5.68. The summed E-state index contributed by atoms with van der Waals surface area (Å²) in [5.41, 5.74) is 10.1. The van der Waals surface area contributed by atoms with Crippen LogP contribution in [0.15, 0.2) is 23.0 Å². The zero-order valence-corrected chi connectivity index (χ0v) is 11.6. The first-order chi connectivity index (χ1) is 9.45. The second-order valence-electron chi connectivity index (χ2n) is 4.95. The van der Waals surface area contributed by atoms with Gasteiger partial charge in [0, 0.05) is 23.0 Å². The fraction of sp³-hybridized carbons (Fsp3) is 0.214. The smallest absolute Gasteiger partial charge is 0.274 e. The Morgan fingerprint density at radius 2 is 1.90 bits per heavy atom. The zero-order valence-electron chi connectivity index (χ0n) is 11.6. The highest BCUT2D eigenvalue weighted by atomic mass is 16.1. The maximum Gasteiger partial charge on any atom is 0.274 e. The molecule has 0 aliphatic heterocycles. The number of hydrogen-bond donors (Lipinski definition) is 2.